The molecule has 0 radical (unpaired) electrons. The fraction of sp³-hybridized carbons (Fsp3) is 0.136. The number of carbonyl (C=O) groups is 1. The zero-order valence-corrected chi connectivity index (χ0v) is 15.8. The molecule has 0 aliphatic rings. The van der Waals surface area contributed by atoms with Gasteiger partial charge in [-0.25, -0.2) is 5.43 Å². The molecule has 0 spiro atoms. The molecule has 2 N–H and O–H groups in total. The number of rotatable bonds is 5. The molecule has 0 bridgehead atoms. The van der Waals surface area contributed by atoms with Gasteiger partial charge in [-0.2, -0.15) is 10.2 Å². The number of fused-ring (bicyclic) bond motifs is 1. The Morgan fingerprint density at radius 2 is 1.89 bits per heavy atom. The molecule has 0 unspecified atom stereocenters. The molecule has 2 aromatic carbocycles. The first-order valence-electron chi connectivity index (χ1n) is 9.11. The van der Waals surface area contributed by atoms with Crippen molar-refractivity contribution in [2.24, 2.45) is 5.10 Å². The predicted molar refractivity (Wildman–Crippen MR) is 111 cm³/mol. The van der Waals surface area contributed by atoms with Crippen molar-refractivity contribution in [2.75, 3.05) is 0 Å². The van der Waals surface area contributed by atoms with E-state index in [1.165, 1.54) is 0 Å². The first-order valence-corrected chi connectivity index (χ1v) is 9.11. The smallest absolute Gasteiger partial charge is 0.261 e. The van der Waals surface area contributed by atoms with Crippen molar-refractivity contribution in [2.45, 2.75) is 20.4 Å². The van der Waals surface area contributed by atoms with Crippen LogP contribution in [0.3, 0.4) is 0 Å². The van der Waals surface area contributed by atoms with E-state index in [1.54, 1.807) is 10.9 Å². The number of carbonyl (C=O) groups excluding carboxylic acids is 1. The lowest BCUT2D eigenvalue weighted by Gasteiger charge is -2.03. The van der Waals surface area contributed by atoms with E-state index in [9.17, 15) is 4.79 Å². The summed E-state index contributed by atoms with van der Waals surface area (Å²) in [4.78, 5) is 15.7. The van der Waals surface area contributed by atoms with Crippen molar-refractivity contribution >= 4 is 23.0 Å². The SMILES string of the molecule is Cc1cc(C)n(CC(=O)NN=Cc2c(-c3ccccc3)[nH]c3ccccc23)n1. The van der Waals surface area contributed by atoms with Gasteiger partial charge < -0.3 is 4.98 Å². The summed E-state index contributed by atoms with van der Waals surface area (Å²) in [6.45, 7) is 3.97. The summed E-state index contributed by atoms with van der Waals surface area (Å²) in [5.74, 6) is -0.219. The van der Waals surface area contributed by atoms with Crippen molar-refractivity contribution in [3.05, 3.63) is 77.6 Å². The van der Waals surface area contributed by atoms with Crippen LogP contribution in [0, 0.1) is 13.8 Å². The predicted octanol–water partition coefficient (Wildman–Crippen LogP) is 3.80. The van der Waals surface area contributed by atoms with E-state index >= 15 is 0 Å². The van der Waals surface area contributed by atoms with E-state index in [0.717, 1.165) is 39.1 Å². The maximum absolute atomic E-state index is 12.2. The standard InChI is InChI=1S/C22H21N5O/c1-15-12-16(2)27(26-15)14-21(28)25-23-13-19-18-10-6-7-11-20(18)24-22(19)17-8-4-3-5-9-17/h3-13,24H,14H2,1-2H3,(H,25,28). The molecule has 28 heavy (non-hydrogen) atoms. The Kier molecular flexibility index (Phi) is 4.76. The van der Waals surface area contributed by atoms with Crippen LogP contribution in [0.4, 0.5) is 0 Å². The number of aromatic nitrogens is 3. The van der Waals surface area contributed by atoms with Crippen LogP contribution in [-0.4, -0.2) is 26.9 Å². The first-order chi connectivity index (χ1) is 13.6. The zero-order valence-electron chi connectivity index (χ0n) is 15.8. The molecule has 0 atom stereocenters. The molecule has 2 aromatic heterocycles. The van der Waals surface area contributed by atoms with Crippen molar-refractivity contribution < 1.29 is 4.79 Å². The zero-order chi connectivity index (χ0) is 19.5. The molecule has 4 aromatic rings. The number of nitrogens with one attached hydrogen (secondary N) is 2. The van der Waals surface area contributed by atoms with Gasteiger partial charge in [-0.05, 0) is 31.5 Å². The lowest BCUT2D eigenvalue weighted by atomic mass is 10.1. The van der Waals surface area contributed by atoms with Crippen LogP contribution >= 0.6 is 0 Å². The van der Waals surface area contributed by atoms with Gasteiger partial charge in [0.25, 0.3) is 5.91 Å². The second-order valence-corrected chi connectivity index (χ2v) is 6.70. The lowest BCUT2D eigenvalue weighted by molar-refractivity contribution is -0.121. The molecule has 0 aliphatic heterocycles. The number of aryl methyl sites for hydroxylation is 2. The summed E-state index contributed by atoms with van der Waals surface area (Å²) in [6.07, 6.45) is 1.69. The molecule has 0 saturated carbocycles. The Hall–Kier alpha value is -3.67. The highest BCUT2D eigenvalue weighted by Gasteiger charge is 2.11. The van der Waals surface area contributed by atoms with Gasteiger partial charge in [0.15, 0.2) is 0 Å². The van der Waals surface area contributed by atoms with Gasteiger partial charge in [0, 0.05) is 22.2 Å². The Balaban J connectivity index is 1.58. The molecule has 0 aliphatic carbocycles. The number of aromatic amines is 1. The molecule has 1 amide bonds. The van der Waals surface area contributed by atoms with Crippen LogP contribution in [0.2, 0.25) is 0 Å². The quantitative estimate of drug-likeness (QED) is 0.414. The second kappa shape index (κ2) is 7.52. The average molecular weight is 371 g/mol. The third kappa shape index (κ3) is 3.57. The van der Waals surface area contributed by atoms with Crippen LogP contribution < -0.4 is 5.43 Å². The van der Waals surface area contributed by atoms with Crippen molar-refractivity contribution in [1.82, 2.24) is 20.2 Å². The molecule has 0 saturated heterocycles. The van der Waals surface area contributed by atoms with E-state index in [4.69, 9.17) is 0 Å². The third-order valence-electron chi connectivity index (χ3n) is 4.59. The minimum absolute atomic E-state index is 0.135. The molecule has 4 rings (SSSR count). The van der Waals surface area contributed by atoms with Gasteiger partial charge in [0.05, 0.1) is 17.6 Å². The number of H-pyrrole nitrogens is 1. The Bertz CT molecular complexity index is 1150. The largest absolute Gasteiger partial charge is 0.354 e. The highest BCUT2D eigenvalue weighted by Crippen LogP contribution is 2.28. The van der Waals surface area contributed by atoms with Crippen molar-refractivity contribution in [1.29, 1.82) is 0 Å². The van der Waals surface area contributed by atoms with Gasteiger partial charge in [-0.3, -0.25) is 9.48 Å². The number of hydrogen-bond donors (Lipinski definition) is 2. The number of hydrazone groups is 1. The van der Waals surface area contributed by atoms with Gasteiger partial charge in [-0.15, -0.1) is 0 Å². The summed E-state index contributed by atoms with van der Waals surface area (Å²) in [5.41, 5.74) is 8.44. The average Bonchev–Trinajstić information content (AvgIpc) is 3.22. The van der Waals surface area contributed by atoms with E-state index in [2.05, 4.69) is 20.6 Å². The fourth-order valence-corrected chi connectivity index (χ4v) is 3.31. The Morgan fingerprint density at radius 3 is 2.64 bits per heavy atom. The van der Waals surface area contributed by atoms with E-state index in [-0.39, 0.29) is 12.5 Å². The number of amides is 1. The summed E-state index contributed by atoms with van der Waals surface area (Å²) >= 11 is 0. The highest BCUT2D eigenvalue weighted by atomic mass is 16.2. The van der Waals surface area contributed by atoms with Crippen molar-refractivity contribution in [3.8, 4) is 11.3 Å². The summed E-state index contributed by atoms with van der Waals surface area (Å²) < 4.78 is 1.67. The molecule has 2 heterocycles. The summed E-state index contributed by atoms with van der Waals surface area (Å²) in [7, 11) is 0. The molecular weight excluding hydrogens is 350 g/mol. The van der Waals surface area contributed by atoms with E-state index < -0.39 is 0 Å². The molecular formula is C22H21N5O. The molecule has 0 fully saturated rings. The van der Waals surface area contributed by atoms with Gasteiger partial charge >= 0.3 is 0 Å². The van der Waals surface area contributed by atoms with Crippen LogP contribution in [0.1, 0.15) is 17.0 Å². The van der Waals surface area contributed by atoms with Crippen molar-refractivity contribution in [3.63, 3.8) is 0 Å². The topological polar surface area (TPSA) is 75.1 Å². The molecule has 6 heteroatoms. The van der Waals surface area contributed by atoms with Gasteiger partial charge in [-0.1, -0.05) is 48.5 Å². The number of benzene rings is 2. The monoisotopic (exact) mass is 371 g/mol. The normalized spacial score (nSPS) is 11.4. The van der Waals surface area contributed by atoms with Crippen LogP contribution in [0.15, 0.2) is 65.8 Å². The molecule has 140 valence electrons. The number of nitrogens with zero attached hydrogens (tertiary/aromatic N) is 3. The van der Waals surface area contributed by atoms with Crippen LogP contribution in [-0.2, 0) is 11.3 Å². The Morgan fingerprint density at radius 1 is 1.14 bits per heavy atom. The van der Waals surface area contributed by atoms with E-state index in [0.29, 0.717) is 0 Å². The minimum Gasteiger partial charge on any atom is -0.354 e. The maximum Gasteiger partial charge on any atom is 0.261 e. The van der Waals surface area contributed by atoms with Crippen LogP contribution in [0.5, 0.6) is 0 Å². The first kappa shape index (κ1) is 17.7. The highest BCUT2D eigenvalue weighted by molar-refractivity contribution is 6.06. The third-order valence-corrected chi connectivity index (χ3v) is 4.59. The maximum atomic E-state index is 12.2. The Labute approximate surface area is 162 Å². The molecule has 6 nitrogen and oxygen atoms in total. The number of para-hydroxylation sites is 1. The minimum atomic E-state index is -0.219. The fourth-order valence-electron chi connectivity index (χ4n) is 3.31. The lowest BCUT2D eigenvalue weighted by Crippen LogP contribution is -2.24. The van der Waals surface area contributed by atoms with Crippen LogP contribution in [0.25, 0.3) is 22.2 Å². The summed E-state index contributed by atoms with van der Waals surface area (Å²) in [5, 5.41) is 9.55. The van der Waals surface area contributed by atoms with E-state index in [1.807, 2.05) is 74.5 Å². The number of hydrogen-bond acceptors (Lipinski definition) is 3. The van der Waals surface area contributed by atoms with Gasteiger partial charge in [0.2, 0.25) is 0 Å². The second-order valence-electron chi connectivity index (χ2n) is 6.70. The summed E-state index contributed by atoms with van der Waals surface area (Å²) in [6, 6.07) is 20.1. The van der Waals surface area contributed by atoms with Gasteiger partial charge in [0.1, 0.15) is 6.54 Å².